The Bertz CT molecular complexity index is 369. The van der Waals surface area contributed by atoms with Crippen LogP contribution in [-0.4, -0.2) is 18.4 Å². The summed E-state index contributed by atoms with van der Waals surface area (Å²) in [6, 6.07) is 7.35. The zero-order valence-electron chi connectivity index (χ0n) is 8.95. The Morgan fingerprint density at radius 1 is 1.33 bits per heavy atom. The Hall–Kier alpha value is -1.64. The highest BCUT2D eigenvalue weighted by Gasteiger charge is 2.07. The number of carbonyl (C=O) groups excluding carboxylic acids is 2. The molecule has 0 atom stereocenters. The van der Waals surface area contributed by atoms with Gasteiger partial charge in [0.05, 0.1) is 0 Å². The molecule has 3 nitrogen and oxygen atoms in total. The Labute approximate surface area is 89.1 Å². The van der Waals surface area contributed by atoms with Crippen molar-refractivity contribution in [2.45, 2.75) is 20.3 Å². The Balaban J connectivity index is 2.69. The first-order chi connectivity index (χ1) is 7.13. The number of rotatable bonds is 4. The quantitative estimate of drug-likeness (QED) is 0.559. The number of esters is 1. The van der Waals surface area contributed by atoms with Gasteiger partial charge in [-0.25, -0.2) is 0 Å². The van der Waals surface area contributed by atoms with Crippen LogP contribution >= 0.6 is 0 Å². The predicted octanol–water partition coefficient (Wildman–Crippen LogP) is 1.99. The van der Waals surface area contributed by atoms with Gasteiger partial charge in [-0.15, -0.1) is 0 Å². The number of ketones is 1. The summed E-state index contributed by atoms with van der Waals surface area (Å²) in [7, 11) is 0. The van der Waals surface area contributed by atoms with Crippen LogP contribution in [0.3, 0.4) is 0 Å². The second-order valence-corrected chi connectivity index (χ2v) is 3.26. The minimum absolute atomic E-state index is 0.166. The van der Waals surface area contributed by atoms with Crippen molar-refractivity contribution in [1.29, 1.82) is 0 Å². The van der Waals surface area contributed by atoms with E-state index < -0.39 is 5.97 Å². The molecule has 0 amide bonds. The van der Waals surface area contributed by atoms with E-state index in [0.29, 0.717) is 5.56 Å². The van der Waals surface area contributed by atoms with E-state index >= 15 is 0 Å². The maximum absolute atomic E-state index is 11.5. The standard InChI is InChI=1S/C12H14O3/c1-3-10-5-4-6-11(7-10)12(14)8-15-9(2)13/h4-7H,3,8H2,1-2H3. The van der Waals surface area contributed by atoms with Gasteiger partial charge in [0, 0.05) is 12.5 Å². The van der Waals surface area contributed by atoms with Crippen LogP contribution in [0.5, 0.6) is 0 Å². The number of ether oxygens (including phenoxy) is 1. The van der Waals surface area contributed by atoms with E-state index in [2.05, 4.69) is 4.74 Å². The van der Waals surface area contributed by atoms with Crippen LogP contribution in [0.15, 0.2) is 24.3 Å². The molecule has 1 aromatic carbocycles. The lowest BCUT2D eigenvalue weighted by Crippen LogP contribution is -2.11. The molecule has 80 valence electrons. The lowest BCUT2D eigenvalue weighted by Gasteiger charge is -2.03. The zero-order chi connectivity index (χ0) is 11.3. The SMILES string of the molecule is CCc1cccc(C(=O)COC(C)=O)c1. The normalized spacial score (nSPS) is 9.73. The zero-order valence-corrected chi connectivity index (χ0v) is 8.95. The number of Topliss-reactive ketones (excluding diaryl/α,β-unsaturated/α-hetero) is 1. The lowest BCUT2D eigenvalue weighted by atomic mass is 10.1. The number of hydrogen-bond acceptors (Lipinski definition) is 3. The molecule has 0 spiro atoms. The fraction of sp³-hybridized carbons (Fsp3) is 0.333. The summed E-state index contributed by atoms with van der Waals surface area (Å²) in [5, 5.41) is 0. The highest BCUT2D eigenvalue weighted by molar-refractivity contribution is 5.98. The van der Waals surface area contributed by atoms with Crippen LogP contribution in [0.4, 0.5) is 0 Å². The first-order valence-electron chi connectivity index (χ1n) is 4.89. The van der Waals surface area contributed by atoms with Gasteiger partial charge in [0.2, 0.25) is 0 Å². The molecule has 0 aliphatic heterocycles. The van der Waals surface area contributed by atoms with E-state index in [-0.39, 0.29) is 12.4 Å². The first kappa shape index (κ1) is 11.4. The maximum Gasteiger partial charge on any atom is 0.303 e. The molecule has 0 heterocycles. The molecule has 3 heteroatoms. The van der Waals surface area contributed by atoms with Crippen molar-refractivity contribution in [3.63, 3.8) is 0 Å². The topological polar surface area (TPSA) is 43.4 Å². The minimum Gasteiger partial charge on any atom is -0.457 e. The summed E-state index contributed by atoms with van der Waals surface area (Å²) in [4.78, 5) is 22.1. The van der Waals surface area contributed by atoms with Gasteiger partial charge in [0.25, 0.3) is 0 Å². The molecular weight excluding hydrogens is 192 g/mol. The molecule has 0 aliphatic carbocycles. The van der Waals surface area contributed by atoms with Crippen LogP contribution in [0.25, 0.3) is 0 Å². The average molecular weight is 206 g/mol. The summed E-state index contributed by atoms with van der Waals surface area (Å²) in [5.74, 6) is -0.601. The van der Waals surface area contributed by atoms with Crippen molar-refractivity contribution in [3.8, 4) is 0 Å². The molecule has 0 fully saturated rings. The van der Waals surface area contributed by atoms with Crippen LogP contribution in [0.2, 0.25) is 0 Å². The highest BCUT2D eigenvalue weighted by atomic mass is 16.5. The molecule has 1 aromatic rings. The molecule has 0 bridgehead atoms. The predicted molar refractivity (Wildman–Crippen MR) is 56.8 cm³/mol. The summed E-state index contributed by atoms with van der Waals surface area (Å²) >= 11 is 0. The van der Waals surface area contributed by atoms with Crippen molar-refractivity contribution < 1.29 is 14.3 Å². The number of aryl methyl sites for hydroxylation is 1. The van der Waals surface area contributed by atoms with Gasteiger partial charge in [-0.2, -0.15) is 0 Å². The molecule has 1 rings (SSSR count). The second-order valence-electron chi connectivity index (χ2n) is 3.26. The molecule has 0 saturated carbocycles. The fourth-order valence-electron chi connectivity index (χ4n) is 1.22. The van der Waals surface area contributed by atoms with E-state index in [1.54, 1.807) is 6.07 Å². The first-order valence-corrected chi connectivity index (χ1v) is 4.89. The summed E-state index contributed by atoms with van der Waals surface area (Å²) in [6.45, 7) is 3.13. The lowest BCUT2D eigenvalue weighted by molar-refractivity contribution is -0.139. The Kier molecular flexibility index (Phi) is 4.03. The third-order valence-corrected chi connectivity index (χ3v) is 2.06. The summed E-state index contributed by atoms with van der Waals surface area (Å²) in [5.41, 5.74) is 1.69. The number of hydrogen-bond donors (Lipinski definition) is 0. The Morgan fingerprint density at radius 2 is 2.07 bits per heavy atom. The van der Waals surface area contributed by atoms with Crippen molar-refractivity contribution in [1.82, 2.24) is 0 Å². The van der Waals surface area contributed by atoms with Crippen LogP contribution in [0, 0.1) is 0 Å². The van der Waals surface area contributed by atoms with E-state index in [9.17, 15) is 9.59 Å². The van der Waals surface area contributed by atoms with Gasteiger partial charge in [-0.3, -0.25) is 9.59 Å². The summed E-state index contributed by atoms with van der Waals surface area (Å²) < 4.78 is 4.64. The van der Waals surface area contributed by atoms with Gasteiger partial charge in [-0.05, 0) is 18.1 Å². The maximum atomic E-state index is 11.5. The monoisotopic (exact) mass is 206 g/mol. The summed E-state index contributed by atoms with van der Waals surface area (Å²) in [6.07, 6.45) is 0.884. The largest absolute Gasteiger partial charge is 0.457 e. The van der Waals surface area contributed by atoms with Gasteiger partial charge in [0.1, 0.15) is 0 Å². The van der Waals surface area contributed by atoms with Crippen molar-refractivity contribution in [2.24, 2.45) is 0 Å². The van der Waals surface area contributed by atoms with Crippen molar-refractivity contribution >= 4 is 11.8 Å². The van der Waals surface area contributed by atoms with E-state index in [0.717, 1.165) is 12.0 Å². The van der Waals surface area contributed by atoms with Crippen LogP contribution < -0.4 is 0 Å². The highest BCUT2D eigenvalue weighted by Crippen LogP contribution is 2.06. The Morgan fingerprint density at radius 3 is 2.67 bits per heavy atom. The smallest absolute Gasteiger partial charge is 0.303 e. The number of carbonyl (C=O) groups is 2. The molecular formula is C12H14O3. The van der Waals surface area contributed by atoms with Crippen molar-refractivity contribution in [2.75, 3.05) is 6.61 Å². The third-order valence-electron chi connectivity index (χ3n) is 2.06. The van der Waals surface area contributed by atoms with Crippen molar-refractivity contribution in [3.05, 3.63) is 35.4 Å². The third kappa shape index (κ3) is 3.54. The molecule has 0 radical (unpaired) electrons. The van der Waals surface area contributed by atoms with E-state index in [1.807, 2.05) is 25.1 Å². The van der Waals surface area contributed by atoms with Crippen LogP contribution in [-0.2, 0) is 16.0 Å². The van der Waals surface area contributed by atoms with E-state index in [1.165, 1.54) is 6.92 Å². The van der Waals surface area contributed by atoms with Gasteiger partial charge in [0.15, 0.2) is 12.4 Å². The molecule has 0 saturated heterocycles. The van der Waals surface area contributed by atoms with Gasteiger partial charge >= 0.3 is 5.97 Å². The molecule has 0 N–H and O–H groups in total. The fourth-order valence-corrected chi connectivity index (χ4v) is 1.22. The van der Waals surface area contributed by atoms with Gasteiger partial charge < -0.3 is 4.74 Å². The second kappa shape index (κ2) is 5.29. The minimum atomic E-state index is -0.435. The molecule has 0 aromatic heterocycles. The molecule has 0 unspecified atom stereocenters. The molecule has 15 heavy (non-hydrogen) atoms. The molecule has 0 aliphatic rings. The number of benzene rings is 1. The van der Waals surface area contributed by atoms with E-state index in [4.69, 9.17) is 0 Å². The average Bonchev–Trinajstić information content (AvgIpc) is 2.26. The van der Waals surface area contributed by atoms with Gasteiger partial charge in [-0.1, -0.05) is 25.1 Å². The van der Waals surface area contributed by atoms with Crippen LogP contribution in [0.1, 0.15) is 29.8 Å².